The molecule has 0 saturated heterocycles. The van der Waals surface area contributed by atoms with E-state index in [1.54, 1.807) is 26.0 Å². The van der Waals surface area contributed by atoms with Crippen LogP contribution < -0.4 is 4.90 Å². The van der Waals surface area contributed by atoms with Gasteiger partial charge in [-0.15, -0.1) is 0 Å². The maximum absolute atomic E-state index is 13.4. The summed E-state index contributed by atoms with van der Waals surface area (Å²) in [6.45, 7) is 5.32. The molecule has 0 bridgehead atoms. The zero-order valence-electron chi connectivity index (χ0n) is 14.9. The normalized spacial score (nSPS) is 17.3. The van der Waals surface area contributed by atoms with Gasteiger partial charge in [-0.2, -0.15) is 0 Å². The molecular weight excluding hydrogens is 333 g/mol. The van der Waals surface area contributed by atoms with Crippen LogP contribution in [0, 0.1) is 18.7 Å². The molecule has 1 amide bonds. The number of aliphatic hydroxyl groups is 1. The Morgan fingerprint density at radius 1 is 1.15 bits per heavy atom. The van der Waals surface area contributed by atoms with E-state index in [2.05, 4.69) is 0 Å². The lowest BCUT2D eigenvalue weighted by Crippen LogP contribution is -2.31. The second-order valence-electron chi connectivity index (χ2n) is 6.75. The van der Waals surface area contributed by atoms with Crippen LogP contribution in [-0.4, -0.2) is 16.8 Å². The third kappa shape index (κ3) is 3.01. The molecule has 0 aromatic heterocycles. The number of nitrogens with zero attached hydrogens (tertiary/aromatic N) is 1. The number of rotatable bonds is 4. The Kier molecular flexibility index (Phi) is 4.64. The van der Waals surface area contributed by atoms with Crippen LogP contribution in [0.3, 0.4) is 0 Å². The molecular formula is C21H20FNO3. The molecule has 3 rings (SSSR count). The van der Waals surface area contributed by atoms with Crippen LogP contribution in [-0.2, 0) is 9.59 Å². The van der Waals surface area contributed by atoms with Gasteiger partial charge in [-0.05, 0) is 42.3 Å². The van der Waals surface area contributed by atoms with E-state index in [1.165, 1.54) is 29.2 Å². The van der Waals surface area contributed by atoms with Crippen molar-refractivity contribution in [2.24, 2.45) is 5.92 Å². The van der Waals surface area contributed by atoms with Crippen LogP contribution in [0.4, 0.5) is 10.1 Å². The van der Waals surface area contributed by atoms with Gasteiger partial charge in [0.25, 0.3) is 5.91 Å². The Hall–Kier alpha value is -2.95. The molecule has 1 atom stereocenters. The SMILES string of the molecule is Cc1cccc(N2C(=O)C(O)=C(C(=O)C(C)C)C2c2ccc(F)cc2)c1. The highest BCUT2D eigenvalue weighted by molar-refractivity contribution is 6.16. The highest BCUT2D eigenvalue weighted by atomic mass is 19.1. The fourth-order valence-electron chi connectivity index (χ4n) is 3.17. The summed E-state index contributed by atoms with van der Waals surface area (Å²) < 4.78 is 13.4. The topological polar surface area (TPSA) is 57.6 Å². The number of Topliss-reactive ketones (excluding diaryl/α,β-unsaturated/α-hetero) is 1. The Morgan fingerprint density at radius 2 is 1.81 bits per heavy atom. The molecule has 0 aliphatic carbocycles. The third-order valence-corrected chi connectivity index (χ3v) is 4.46. The van der Waals surface area contributed by atoms with E-state index in [1.807, 2.05) is 19.1 Å². The molecule has 4 nitrogen and oxygen atoms in total. The van der Waals surface area contributed by atoms with Gasteiger partial charge in [0.2, 0.25) is 0 Å². The highest BCUT2D eigenvalue weighted by Crippen LogP contribution is 2.41. The fourth-order valence-corrected chi connectivity index (χ4v) is 3.17. The van der Waals surface area contributed by atoms with Crippen molar-refractivity contribution < 1.29 is 19.1 Å². The zero-order valence-corrected chi connectivity index (χ0v) is 14.9. The summed E-state index contributed by atoms with van der Waals surface area (Å²) in [4.78, 5) is 26.9. The van der Waals surface area contributed by atoms with E-state index in [-0.39, 0.29) is 17.3 Å². The van der Waals surface area contributed by atoms with Crippen molar-refractivity contribution in [2.75, 3.05) is 4.90 Å². The number of carbonyl (C=O) groups is 2. The van der Waals surface area contributed by atoms with Gasteiger partial charge in [-0.25, -0.2) is 4.39 Å². The number of carbonyl (C=O) groups excluding carboxylic acids is 2. The number of amides is 1. The zero-order chi connectivity index (χ0) is 19.0. The predicted molar refractivity (Wildman–Crippen MR) is 97.3 cm³/mol. The number of aryl methyl sites for hydroxylation is 1. The molecule has 2 aromatic rings. The van der Waals surface area contributed by atoms with Gasteiger partial charge in [0, 0.05) is 11.6 Å². The van der Waals surface area contributed by atoms with E-state index in [9.17, 15) is 19.1 Å². The molecule has 0 radical (unpaired) electrons. The lowest BCUT2D eigenvalue weighted by atomic mass is 9.91. The second-order valence-corrected chi connectivity index (χ2v) is 6.75. The Morgan fingerprint density at radius 3 is 2.38 bits per heavy atom. The van der Waals surface area contributed by atoms with E-state index in [0.29, 0.717) is 11.3 Å². The van der Waals surface area contributed by atoms with Crippen molar-refractivity contribution in [1.29, 1.82) is 0 Å². The van der Waals surface area contributed by atoms with Crippen LogP contribution in [0.1, 0.15) is 31.0 Å². The number of benzene rings is 2. The van der Waals surface area contributed by atoms with E-state index >= 15 is 0 Å². The molecule has 0 spiro atoms. The van der Waals surface area contributed by atoms with Gasteiger partial charge in [0.15, 0.2) is 11.5 Å². The molecule has 5 heteroatoms. The van der Waals surface area contributed by atoms with Crippen molar-refractivity contribution in [3.8, 4) is 0 Å². The fraction of sp³-hybridized carbons (Fsp3) is 0.238. The van der Waals surface area contributed by atoms with Crippen molar-refractivity contribution in [3.05, 3.63) is 76.8 Å². The van der Waals surface area contributed by atoms with Gasteiger partial charge < -0.3 is 5.11 Å². The lowest BCUT2D eigenvalue weighted by molar-refractivity contribution is -0.119. The number of anilines is 1. The number of aliphatic hydroxyl groups excluding tert-OH is 1. The quantitative estimate of drug-likeness (QED) is 0.893. The summed E-state index contributed by atoms with van der Waals surface area (Å²) in [7, 11) is 0. The van der Waals surface area contributed by atoms with Gasteiger partial charge in [-0.3, -0.25) is 14.5 Å². The first kappa shape index (κ1) is 17.9. The van der Waals surface area contributed by atoms with Crippen molar-refractivity contribution in [1.82, 2.24) is 0 Å². The monoisotopic (exact) mass is 353 g/mol. The minimum absolute atomic E-state index is 0.0538. The van der Waals surface area contributed by atoms with Crippen LogP contribution >= 0.6 is 0 Å². The maximum Gasteiger partial charge on any atom is 0.294 e. The number of hydrogen-bond acceptors (Lipinski definition) is 3. The van der Waals surface area contributed by atoms with Gasteiger partial charge in [-0.1, -0.05) is 38.1 Å². The first-order valence-electron chi connectivity index (χ1n) is 8.44. The summed E-state index contributed by atoms with van der Waals surface area (Å²) in [6.07, 6.45) is 0. The maximum atomic E-state index is 13.4. The van der Waals surface area contributed by atoms with E-state index in [4.69, 9.17) is 0 Å². The van der Waals surface area contributed by atoms with Crippen LogP contribution in [0.25, 0.3) is 0 Å². The van der Waals surface area contributed by atoms with E-state index < -0.39 is 23.5 Å². The number of halogens is 1. The summed E-state index contributed by atoms with van der Waals surface area (Å²) in [5.74, 6) is -2.28. The Bertz CT molecular complexity index is 900. The molecule has 1 unspecified atom stereocenters. The predicted octanol–water partition coefficient (Wildman–Crippen LogP) is 4.26. The average Bonchev–Trinajstić information content (AvgIpc) is 2.86. The van der Waals surface area contributed by atoms with E-state index in [0.717, 1.165) is 5.56 Å². The molecule has 1 aliphatic heterocycles. The molecule has 134 valence electrons. The number of hydrogen-bond donors (Lipinski definition) is 1. The molecule has 1 aliphatic rings. The Labute approximate surface area is 151 Å². The molecule has 26 heavy (non-hydrogen) atoms. The molecule has 0 saturated carbocycles. The minimum atomic E-state index is -0.792. The Balaban J connectivity index is 2.19. The summed E-state index contributed by atoms with van der Waals surface area (Å²) in [5.41, 5.74) is 2.13. The lowest BCUT2D eigenvalue weighted by Gasteiger charge is -2.27. The second kappa shape index (κ2) is 6.75. The highest BCUT2D eigenvalue weighted by Gasteiger charge is 2.44. The summed E-state index contributed by atoms with van der Waals surface area (Å²) in [6, 6.07) is 12.1. The van der Waals surface area contributed by atoms with Crippen LogP contribution in [0.15, 0.2) is 59.9 Å². The van der Waals surface area contributed by atoms with Gasteiger partial charge in [0.05, 0.1) is 11.6 Å². The molecule has 1 N–H and O–H groups in total. The molecule has 2 aromatic carbocycles. The first-order valence-corrected chi connectivity index (χ1v) is 8.44. The van der Waals surface area contributed by atoms with Crippen molar-refractivity contribution in [3.63, 3.8) is 0 Å². The van der Waals surface area contributed by atoms with Crippen LogP contribution in [0.5, 0.6) is 0 Å². The summed E-state index contributed by atoms with van der Waals surface area (Å²) >= 11 is 0. The average molecular weight is 353 g/mol. The van der Waals surface area contributed by atoms with Crippen LogP contribution in [0.2, 0.25) is 0 Å². The number of ketones is 1. The standard InChI is InChI=1S/C21H20FNO3/c1-12(2)19(24)17-18(14-7-9-15(22)10-8-14)23(21(26)20(17)25)16-6-4-5-13(3)11-16/h4-12,18,25H,1-3H3. The first-order chi connectivity index (χ1) is 12.3. The third-order valence-electron chi connectivity index (χ3n) is 4.46. The molecule has 0 fully saturated rings. The van der Waals surface area contributed by atoms with Gasteiger partial charge >= 0.3 is 0 Å². The minimum Gasteiger partial charge on any atom is -0.503 e. The summed E-state index contributed by atoms with van der Waals surface area (Å²) in [5, 5.41) is 10.5. The molecule has 1 heterocycles. The van der Waals surface area contributed by atoms with Gasteiger partial charge in [0.1, 0.15) is 5.82 Å². The van der Waals surface area contributed by atoms with Crippen molar-refractivity contribution in [2.45, 2.75) is 26.8 Å². The largest absolute Gasteiger partial charge is 0.503 e. The smallest absolute Gasteiger partial charge is 0.294 e. The van der Waals surface area contributed by atoms with Crippen molar-refractivity contribution >= 4 is 17.4 Å².